The van der Waals surface area contributed by atoms with E-state index in [1.165, 1.54) is 0 Å². The predicted octanol–water partition coefficient (Wildman–Crippen LogP) is 3.94. The highest BCUT2D eigenvalue weighted by Crippen LogP contribution is 2.41. The Morgan fingerprint density at radius 3 is 1.56 bits per heavy atom. The largest absolute Gasteiger partial charge is 0.492 e. The summed E-state index contributed by atoms with van der Waals surface area (Å²) < 4.78 is 1.98. The van der Waals surface area contributed by atoms with Gasteiger partial charge in [-0.15, -0.1) is 5.10 Å². The number of aromatic hydroxyl groups is 1. The average Bonchev–Trinajstić information content (AvgIpc) is 2.39. The Hall–Kier alpha value is -0.990. The van der Waals surface area contributed by atoms with Crippen LogP contribution in [-0.4, -0.2) is 14.9 Å². The molecule has 0 atom stereocenters. The van der Waals surface area contributed by atoms with E-state index in [9.17, 15) is 5.11 Å². The van der Waals surface area contributed by atoms with Gasteiger partial charge in [-0.3, -0.25) is 4.68 Å². The minimum absolute atomic E-state index is 0.0517. The maximum absolute atomic E-state index is 10.2. The van der Waals surface area contributed by atoms with Crippen LogP contribution in [0.5, 0.6) is 5.88 Å². The monoisotopic (exact) mass is 252 g/mol. The second-order valence-corrected chi connectivity index (χ2v) is 8.13. The normalized spacial score (nSPS) is 14.1. The second kappa shape index (κ2) is 4.01. The molecule has 0 saturated carbocycles. The second-order valence-electron chi connectivity index (χ2n) is 8.13. The smallest absolute Gasteiger partial charge is 0.234 e. The highest BCUT2D eigenvalue weighted by Gasteiger charge is 2.36. The van der Waals surface area contributed by atoms with E-state index in [1.54, 1.807) is 0 Å². The van der Waals surface area contributed by atoms with Crippen molar-refractivity contribution < 1.29 is 5.11 Å². The molecule has 0 spiro atoms. The molecule has 104 valence electrons. The minimum Gasteiger partial charge on any atom is -0.492 e. The first-order valence-corrected chi connectivity index (χ1v) is 6.59. The van der Waals surface area contributed by atoms with E-state index in [2.05, 4.69) is 67.4 Å². The number of nitrogens with zero attached hydrogens (tertiary/aromatic N) is 2. The first-order valence-electron chi connectivity index (χ1n) is 6.59. The first-order chi connectivity index (χ1) is 7.76. The molecule has 1 heterocycles. The van der Waals surface area contributed by atoms with Crippen LogP contribution >= 0.6 is 0 Å². The zero-order valence-corrected chi connectivity index (χ0v) is 13.3. The van der Waals surface area contributed by atoms with Crippen LogP contribution in [0.15, 0.2) is 0 Å². The number of hydrogen-bond acceptors (Lipinski definition) is 2. The van der Waals surface area contributed by atoms with Crippen molar-refractivity contribution in [2.75, 3.05) is 0 Å². The topological polar surface area (TPSA) is 38.1 Å². The lowest BCUT2D eigenvalue weighted by Crippen LogP contribution is -2.32. The molecule has 0 aliphatic heterocycles. The summed E-state index contributed by atoms with van der Waals surface area (Å²) >= 11 is 0. The van der Waals surface area contributed by atoms with Gasteiger partial charge in [0.2, 0.25) is 5.88 Å². The fourth-order valence-corrected chi connectivity index (χ4v) is 2.28. The Bertz CT molecular complexity index is 437. The van der Waals surface area contributed by atoms with Crippen LogP contribution in [0.4, 0.5) is 0 Å². The van der Waals surface area contributed by atoms with Gasteiger partial charge in [0.15, 0.2) is 0 Å². The fraction of sp³-hybridized carbons (Fsp3) is 0.800. The third-order valence-corrected chi connectivity index (χ3v) is 2.96. The van der Waals surface area contributed by atoms with Crippen molar-refractivity contribution in [2.45, 2.75) is 78.7 Å². The molecule has 3 heteroatoms. The Kier molecular flexibility index (Phi) is 3.35. The Balaban J connectivity index is 3.70. The van der Waals surface area contributed by atoms with E-state index in [0.717, 1.165) is 11.3 Å². The van der Waals surface area contributed by atoms with Gasteiger partial charge in [0.1, 0.15) is 0 Å². The lowest BCUT2D eigenvalue weighted by molar-refractivity contribution is 0.311. The highest BCUT2D eigenvalue weighted by molar-refractivity contribution is 5.40. The van der Waals surface area contributed by atoms with E-state index in [1.807, 2.05) is 4.68 Å². The SMILES string of the molecule is CC(C)(C)c1c(O)nn(C(C)(C)C)c1C(C)(C)C. The summed E-state index contributed by atoms with van der Waals surface area (Å²) in [7, 11) is 0. The summed E-state index contributed by atoms with van der Waals surface area (Å²) in [5.41, 5.74) is 1.79. The van der Waals surface area contributed by atoms with Gasteiger partial charge in [-0.05, 0) is 26.2 Å². The maximum Gasteiger partial charge on any atom is 0.234 e. The number of hydrogen-bond donors (Lipinski definition) is 1. The third kappa shape index (κ3) is 2.70. The van der Waals surface area contributed by atoms with Gasteiger partial charge in [0, 0.05) is 11.0 Å². The molecule has 0 amide bonds. The van der Waals surface area contributed by atoms with Crippen molar-refractivity contribution in [3.05, 3.63) is 11.3 Å². The van der Waals surface area contributed by atoms with Crippen molar-refractivity contribution in [1.29, 1.82) is 0 Å². The molecule has 0 saturated heterocycles. The summed E-state index contributed by atoms with van der Waals surface area (Å²) in [5, 5.41) is 14.6. The fourth-order valence-electron chi connectivity index (χ4n) is 2.28. The van der Waals surface area contributed by atoms with E-state index in [4.69, 9.17) is 0 Å². The average molecular weight is 252 g/mol. The van der Waals surface area contributed by atoms with Gasteiger partial charge in [-0.25, -0.2) is 0 Å². The van der Waals surface area contributed by atoms with Gasteiger partial charge >= 0.3 is 0 Å². The number of rotatable bonds is 0. The molecule has 0 bridgehead atoms. The van der Waals surface area contributed by atoms with E-state index in [-0.39, 0.29) is 22.2 Å². The van der Waals surface area contributed by atoms with E-state index >= 15 is 0 Å². The van der Waals surface area contributed by atoms with Crippen molar-refractivity contribution >= 4 is 0 Å². The highest BCUT2D eigenvalue weighted by atomic mass is 16.3. The van der Waals surface area contributed by atoms with Crippen molar-refractivity contribution in [2.24, 2.45) is 0 Å². The maximum atomic E-state index is 10.2. The van der Waals surface area contributed by atoms with Crippen LogP contribution in [-0.2, 0) is 16.4 Å². The third-order valence-electron chi connectivity index (χ3n) is 2.96. The molecule has 0 unspecified atom stereocenters. The van der Waals surface area contributed by atoms with Crippen LogP contribution in [0.1, 0.15) is 73.6 Å². The molecule has 0 aromatic carbocycles. The van der Waals surface area contributed by atoms with Gasteiger partial charge in [-0.2, -0.15) is 0 Å². The zero-order chi connectivity index (χ0) is 14.5. The summed E-state index contributed by atoms with van der Waals surface area (Å²) in [5.74, 6) is 0.169. The summed E-state index contributed by atoms with van der Waals surface area (Å²) in [4.78, 5) is 0. The van der Waals surface area contributed by atoms with Crippen LogP contribution in [0, 0.1) is 0 Å². The minimum atomic E-state index is -0.135. The molecule has 1 aromatic heterocycles. The van der Waals surface area contributed by atoms with Crippen molar-refractivity contribution in [3.8, 4) is 5.88 Å². The van der Waals surface area contributed by atoms with Gasteiger partial charge in [0.25, 0.3) is 0 Å². The van der Waals surface area contributed by atoms with Crippen molar-refractivity contribution in [1.82, 2.24) is 9.78 Å². The standard InChI is InChI=1S/C15H28N2O/c1-13(2,3)10-11(14(4,5)6)17(15(7,8)9)16-12(10)18/h1-9H3,(H,16,18). The molecule has 1 rings (SSSR count). The van der Waals surface area contributed by atoms with Crippen molar-refractivity contribution in [3.63, 3.8) is 0 Å². The van der Waals surface area contributed by atoms with Crippen LogP contribution < -0.4 is 0 Å². The van der Waals surface area contributed by atoms with E-state index in [0.29, 0.717) is 0 Å². The molecular weight excluding hydrogens is 224 g/mol. The lowest BCUT2D eigenvalue weighted by Gasteiger charge is -2.31. The molecule has 18 heavy (non-hydrogen) atoms. The first kappa shape index (κ1) is 15.1. The van der Waals surface area contributed by atoms with Crippen LogP contribution in [0.2, 0.25) is 0 Å². The number of aromatic nitrogens is 2. The summed E-state index contributed by atoms with van der Waals surface area (Å²) in [6.07, 6.45) is 0. The molecule has 0 fully saturated rings. The Morgan fingerprint density at radius 1 is 0.833 bits per heavy atom. The lowest BCUT2D eigenvalue weighted by atomic mass is 9.79. The zero-order valence-electron chi connectivity index (χ0n) is 13.3. The predicted molar refractivity (Wildman–Crippen MR) is 76.3 cm³/mol. The van der Waals surface area contributed by atoms with Gasteiger partial charge < -0.3 is 5.11 Å². The molecule has 0 radical (unpaired) electrons. The molecule has 0 aliphatic rings. The van der Waals surface area contributed by atoms with Crippen LogP contribution in [0.25, 0.3) is 0 Å². The Labute approximate surface area is 111 Å². The Morgan fingerprint density at radius 2 is 1.28 bits per heavy atom. The molecule has 3 nitrogen and oxygen atoms in total. The van der Waals surface area contributed by atoms with Crippen LogP contribution in [0.3, 0.4) is 0 Å². The van der Waals surface area contributed by atoms with Gasteiger partial charge in [0.05, 0.1) is 11.2 Å². The van der Waals surface area contributed by atoms with Gasteiger partial charge in [-0.1, -0.05) is 41.5 Å². The molecule has 1 aromatic rings. The quantitative estimate of drug-likeness (QED) is 0.759. The summed E-state index contributed by atoms with van der Waals surface area (Å²) in [6, 6.07) is 0. The molecule has 0 aliphatic carbocycles. The molecular formula is C15H28N2O. The van der Waals surface area contributed by atoms with E-state index < -0.39 is 0 Å². The summed E-state index contributed by atoms with van der Waals surface area (Å²) in [6.45, 7) is 19.2. The molecule has 1 N–H and O–H groups in total.